The van der Waals surface area contributed by atoms with Gasteiger partial charge < -0.3 is 5.32 Å². The molecule has 0 spiro atoms. The molecule has 0 atom stereocenters. The summed E-state index contributed by atoms with van der Waals surface area (Å²) in [5.41, 5.74) is 1.97. The van der Waals surface area contributed by atoms with Crippen LogP contribution in [-0.2, 0) is 10.0 Å². The highest BCUT2D eigenvalue weighted by molar-refractivity contribution is 7.92. The summed E-state index contributed by atoms with van der Waals surface area (Å²) in [5.74, 6) is -0.335. The number of carbonyl (C=O) groups excluding carboxylic acids is 1. The number of amides is 1. The minimum atomic E-state index is -3.45. The molecule has 2 aromatic rings. The molecule has 0 bridgehead atoms. The zero-order valence-corrected chi connectivity index (χ0v) is 15.1. The van der Waals surface area contributed by atoms with Crippen molar-refractivity contribution in [3.63, 3.8) is 0 Å². The van der Waals surface area contributed by atoms with E-state index in [9.17, 15) is 13.2 Å². The van der Waals surface area contributed by atoms with Crippen molar-refractivity contribution >= 4 is 33.2 Å². The number of nitrogens with one attached hydrogen (secondary N) is 1. The van der Waals surface area contributed by atoms with Crippen LogP contribution < -0.4 is 9.62 Å². The monoisotopic (exact) mass is 366 g/mol. The fourth-order valence-corrected chi connectivity index (χ4v) is 3.36. The van der Waals surface area contributed by atoms with E-state index in [1.165, 1.54) is 4.31 Å². The van der Waals surface area contributed by atoms with E-state index in [4.69, 9.17) is 11.6 Å². The van der Waals surface area contributed by atoms with Gasteiger partial charge >= 0.3 is 0 Å². The summed E-state index contributed by atoms with van der Waals surface area (Å²) in [7, 11) is -3.45. The Morgan fingerprint density at radius 3 is 2.33 bits per heavy atom. The minimum Gasteiger partial charge on any atom is -0.350 e. The van der Waals surface area contributed by atoms with Gasteiger partial charge in [-0.3, -0.25) is 9.10 Å². The quantitative estimate of drug-likeness (QED) is 0.854. The van der Waals surface area contributed by atoms with E-state index in [2.05, 4.69) is 5.32 Å². The van der Waals surface area contributed by atoms with Gasteiger partial charge in [-0.05, 0) is 31.2 Å². The first kappa shape index (κ1) is 18.3. The van der Waals surface area contributed by atoms with Gasteiger partial charge in [0.05, 0.1) is 29.1 Å². The molecule has 2 rings (SSSR count). The molecule has 0 heterocycles. The Morgan fingerprint density at radius 2 is 1.75 bits per heavy atom. The van der Waals surface area contributed by atoms with Crippen molar-refractivity contribution in [3.8, 4) is 0 Å². The molecule has 0 radical (unpaired) electrons. The molecule has 0 aliphatic carbocycles. The van der Waals surface area contributed by atoms with E-state index in [1.807, 2.05) is 19.1 Å². The van der Waals surface area contributed by atoms with Crippen LogP contribution in [0.25, 0.3) is 0 Å². The number of hydrogen-bond acceptors (Lipinski definition) is 3. The summed E-state index contributed by atoms with van der Waals surface area (Å²) in [6.45, 7) is 2.24. The number of rotatable bonds is 6. The molecule has 0 fully saturated rings. The van der Waals surface area contributed by atoms with Crippen molar-refractivity contribution in [1.82, 2.24) is 5.32 Å². The highest BCUT2D eigenvalue weighted by atomic mass is 35.5. The molecule has 1 amide bonds. The topological polar surface area (TPSA) is 66.5 Å². The summed E-state index contributed by atoms with van der Waals surface area (Å²) >= 11 is 5.98. The van der Waals surface area contributed by atoms with Crippen LogP contribution in [0, 0.1) is 6.92 Å². The number of anilines is 1. The van der Waals surface area contributed by atoms with Crippen molar-refractivity contribution < 1.29 is 13.2 Å². The smallest absolute Gasteiger partial charge is 0.252 e. The molecule has 0 unspecified atom stereocenters. The van der Waals surface area contributed by atoms with E-state index < -0.39 is 10.0 Å². The van der Waals surface area contributed by atoms with Gasteiger partial charge in [0, 0.05) is 6.54 Å². The first-order valence-corrected chi connectivity index (χ1v) is 9.59. The average molecular weight is 367 g/mol. The second-order valence-electron chi connectivity index (χ2n) is 5.41. The van der Waals surface area contributed by atoms with E-state index >= 15 is 0 Å². The van der Waals surface area contributed by atoms with Gasteiger partial charge in [0.25, 0.3) is 5.91 Å². The summed E-state index contributed by atoms with van der Waals surface area (Å²) in [6, 6.07) is 13.9. The van der Waals surface area contributed by atoms with Crippen LogP contribution >= 0.6 is 11.6 Å². The lowest BCUT2D eigenvalue weighted by Gasteiger charge is -2.22. The highest BCUT2D eigenvalue weighted by Crippen LogP contribution is 2.18. The Labute approximate surface area is 147 Å². The summed E-state index contributed by atoms with van der Waals surface area (Å²) in [5, 5.41) is 3.05. The molecule has 5 nitrogen and oxygen atoms in total. The molecule has 0 aliphatic heterocycles. The van der Waals surface area contributed by atoms with E-state index in [1.54, 1.807) is 36.4 Å². The van der Waals surface area contributed by atoms with Gasteiger partial charge in [0.1, 0.15) is 0 Å². The Bertz CT molecular complexity index is 820. The zero-order valence-electron chi connectivity index (χ0n) is 13.5. The van der Waals surface area contributed by atoms with Gasteiger partial charge in [-0.2, -0.15) is 0 Å². The van der Waals surface area contributed by atoms with Crippen molar-refractivity contribution in [2.24, 2.45) is 0 Å². The standard InChI is InChI=1S/C17H19ClN2O3S/c1-13-7-9-14(10-8-13)20(24(2,22)23)12-11-19-17(21)15-5-3-4-6-16(15)18/h3-10H,11-12H2,1-2H3,(H,19,21). The molecular weight excluding hydrogens is 348 g/mol. The fraction of sp³-hybridized carbons (Fsp3) is 0.235. The maximum Gasteiger partial charge on any atom is 0.252 e. The van der Waals surface area contributed by atoms with Crippen LogP contribution in [0.1, 0.15) is 15.9 Å². The Kier molecular flexibility index (Phi) is 5.85. The van der Waals surface area contributed by atoms with Crippen molar-refractivity contribution in [1.29, 1.82) is 0 Å². The van der Waals surface area contributed by atoms with E-state index in [0.29, 0.717) is 16.3 Å². The van der Waals surface area contributed by atoms with Crippen LogP contribution in [0.5, 0.6) is 0 Å². The molecule has 0 saturated carbocycles. The van der Waals surface area contributed by atoms with Gasteiger partial charge in [-0.25, -0.2) is 8.42 Å². The molecule has 0 aromatic heterocycles. The highest BCUT2D eigenvalue weighted by Gasteiger charge is 2.17. The maximum absolute atomic E-state index is 12.1. The number of halogens is 1. The van der Waals surface area contributed by atoms with Gasteiger partial charge in [-0.15, -0.1) is 0 Å². The molecule has 7 heteroatoms. The second-order valence-corrected chi connectivity index (χ2v) is 7.72. The average Bonchev–Trinajstić information content (AvgIpc) is 2.52. The third-order valence-electron chi connectivity index (χ3n) is 3.44. The predicted octanol–water partition coefficient (Wildman–Crippen LogP) is 2.84. The normalized spacial score (nSPS) is 11.1. The largest absolute Gasteiger partial charge is 0.350 e. The van der Waals surface area contributed by atoms with Crippen LogP contribution in [0.3, 0.4) is 0 Å². The second kappa shape index (κ2) is 7.68. The number of aryl methyl sites for hydroxylation is 1. The van der Waals surface area contributed by atoms with Crippen molar-refractivity contribution in [3.05, 3.63) is 64.7 Å². The lowest BCUT2D eigenvalue weighted by Crippen LogP contribution is -2.38. The zero-order chi connectivity index (χ0) is 17.7. The molecule has 1 N–H and O–H groups in total. The first-order valence-electron chi connectivity index (χ1n) is 7.36. The number of nitrogens with zero attached hydrogens (tertiary/aromatic N) is 1. The maximum atomic E-state index is 12.1. The summed E-state index contributed by atoms with van der Waals surface area (Å²) in [4.78, 5) is 12.1. The molecule has 0 saturated heterocycles. The fourth-order valence-electron chi connectivity index (χ4n) is 2.21. The van der Waals surface area contributed by atoms with E-state index in [-0.39, 0.29) is 19.0 Å². The number of sulfonamides is 1. The molecule has 24 heavy (non-hydrogen) atoms. The van der Waals surface area contributed by atoms with E-state index in [0.717, 1.165) is 11.8 Å². The lowest BCUT2D eigenvalue weighted by atomic mass is 10.2. The molecule has 0 aliphatic rings. The van der Waals surface area contributed by atoms with Crippen LogP contribution in [0.15, 0.2) is 48.5 Å². The SMILES string of the molecule is Cc1ccc(N(CCNC(=O)c2ccccc2Cl)S(C)(=O)=O)cc1. The molecular formula is C17H19ClN2O3S. The number of benzene rings is 2. The number of hydrogen-bond donors (Lipinski definition) is 1. The number of carbonyl (C=O) groups is 1. The summed E-state index contributed by atoms with van der Waals surface area (Å²) < 4.78 is 25.3. The van der Waals surface area contributed by atoms with Crippen LogP contribution in [0.4, 0.5) is 5.69 Å². The Balaban J connectivity index is 2.05. The lowest BCUT2D eigenvalue weighted by molar-refractivity contribution is 0.0955. The van der Waals surface area contributed by atoms with Crippen LogP contribution in [-0.4, -0.2) is 33.7 Å². The van der Waals surface area contributed by atoms with Gasteiger partial charge in [0.15, 0.2) is 0 Å². The van der Waals surface area contributed by atoms with Crippen LogP contribution in [0.2, 0.25) is 5.02 Å². The first-order chi connectivity index (χ1) is 11.3. The molecule has 2 aromatic carbocycles. The predicted molar refractivity (Wildman–Crippen MR) is 97.2 cm³/mol. The van der Waals surface area contributed by atoms with Gasteiger partial charge in [-0.1, -0.05) is 41.4 Å². The minimum absolute atomic E-state index is 0.137. The Morgan fingerprint density at radius 1 is 1.12 bits per heavy atom. The summed E-state index contributed by atoms with van der Waals surface area (Å²) in [6.07, 6.45) is 1.14. The van der Waals surface area contributed by atoms with Crippen molar-refractivity contribution in [2.75, 3.05) is 23.7 Å². The van der Waals surface area contributed by atoms with Gasteiger partial charge in [0.2, 0.25) is 10.0 Å². The van der Waals surface area contributed by atoms with Crippen molar-refractivity contribution in [2.45, 2.75) is 6.92 Å². The third-order valence-corrected chi connectivity index (χ3v) is 4.96. The Hall–Kier alpha value is -2.05. The third kappa shape index (κ3) is 4.72. The molecule has 128 valence electrons.